The summed E-state index contributed by atoms with van der Waals surface area (Å²) in [5.41, 5.74) is 2.19. The van der Waals surface area contributed by atoms with Crippen molar-refractivity contribution in [2.45, 2.75) is 26.8 Å². The van der Waals surface area contributed by atoms with Crippen LogP contribution in [0.1, 0.15) is 43.7 Å². The van der Waals surface area contributed by atoms with Gasteiger partial charge < -0.3 is 14.1 Å². The van der Waals surface area contributed by atoms with Gasteiger partial charge in [0.25, 0.3) is 5.56 Å². The largest absolute Gasteiger partial charge is 0.463 e. The highest BCUT2D eigenvalue weighted by molar-refractivity contribution is 7.07. The molecule has 8 heteroatoms. The Labute approximate surface area is 224 Å². The van der Waals surface area contributed by atoms with Crippen LogP contribution in [0.4, 0.5) is 5.88 Å². The van der Waals surface area contributed by atoms with Crippen LogP contribution in [0.2, 0.25) is 0 Å². The number of carbonyl (C=O) groups is 1. The Hall–Kier alpha value is -4.17. The molecule has 2 aromatic carbocycles. The molecule has 38 heavy (non-hydrogen) atoms. The number of aromatic nitrogens is 1. The standard InChI is InChI=1S/C30H29N3O4S/c1-4-32(5-2)24-18-17-22(37-24)19-23-28(34)33-27(21-15-11-8-12-16-21)25(29(35)36-6-3)26(31-30(33)38-23)20-13-9-7-10-14-20/h7-19,27H,4-6H2,1-3H3/b23-19-/t27-/m0/s1. The first-order valence-corrected chi connectivity index (χ1v) is 13.6. The smallest absolute Gasteiger partial charge is 0.338 e. The van der Waals surface area contributed by atoms with Gasteiger partial charge in [-0.3, -0.25) is 9.36 Å². The second-order valence-corrected chi connectivity index (χ2v) is 9.70. The second-order valence-electron chi connectivity index (χ2n) is 8.69. The van der Waals surface area contributed by atoms with Crippen LogP contribution in [0.3, 0.4) is 0 Å². The predicted molar refractivity (Wildman–Crippen MR) is 150 cm³/mol. The van der Waals surface area contributed by atoms with Crippen LogP contribution in [0.25, 0.3) is 11.8 Å². The van der Waals surface area contributed by atoms with E-state index in [1.807, 2.05) is 72.8 Å². The molecule has 0 saturated heterocycles. The van der Waals surface area contributed by atoms with E-state index in [-0.39, 0.29) is 12.2 Å². The molecule has 0 N–H and O–H groups in total. The van der Waals surface area contributed by atoms with Gasteiger partial charge in [-0.1, -0.05) is 72.0 Å². The summed E-state index contributed by atoms with van der Waals surface area (Å²) >= 11 is 1.28. The van der Waals surface area contributed by atoms with Crippen LogP contribution in [0, 0.1) is 0 Å². The number of benzene rings is 2. The average molecular weight is 528 g/mol. The summed E-state index contributed by atoms with van der Waals surface area (Å²) in [6.07, 6.45) is 1.75. The molecule has 0 bridgehead atoms. The SMILES string of the molecule is CCOC(=O)C1=C(c2ccccc2)N=c2s/c(=C\c3ccc(N(CC)CC)o3)c(=O)n2[C@H]1c1ccccc1. The first kappa shape index (κ1) is 25.5. The molecule has 7 nitrogen and oxygen atoms in total. The van der Waals surface area contributed by atoms with Crippen molar-refractivity contribution in [1.29, 1.82) is 0 Å². The van der Waals surface area contributed by atoms with Crippen molar-refractivity contribution < 1.29 is 13.9 Å². The van der Waals surface area contributed by atoms with Crippen molar-refractivity contribution >= 4 is 35.0 Å². The molecule has 5 rings (SSSR count). The van der Waals surface area contributed by atoms with Crippen LogP contribution in [0.15, 0.2) is 92.6 Å². The Morgan fingerprint density at radius 1 is 1.03 bits per heavy atom. The quantitative estimate of drug-likeness (QED) is 0.318. The zero-order chi connectivity index (χ0) is 26.6. The Morgan fingerprint density at radius 2 is 1.71 bits per heavy atom. The van der Waals surface area contributed by atoms with Crippen molar-refractivity contribution in [3.8, 4) is 0 Å². The van der Waals surface area contributed by atoms with Crippen LogP contribution in [-0.4, -0.2) is 30.2 Å². The summed E-state index contributed by atoms with van der Waals surface area (Å²) in [6.45, 7) is 7.76. The summed E-state index contributed by atoms with van der Waals surface area (Å²) in [5.74, 6) is 0.849. The number of carbonyl (C=O) groups excluding carboxylic acids is 1. The number of nitrogens with zero attached hydrogens (tertiary/aromatic N) is 3. The fourth-order valence-corrected chi connectivity index (χ4v) is 5.63. The van der Waals surface area contributed by atoms with E-state index in [0.717, 1.165) is 30.1 Å². The number of furan rings is 1. The molecule has 1 aliphatic rings. The first-order valence-electron chi connectivity index (χ1n) is 12.7. The molecule has 1 aliphatic heterocycles. The maximum atomic E-state index is 13.9. The Kier molecular flexibility index (Phi) is 7.42. The molecule has 0 radical (unpaired) electrons. The third-order valence-corrected chi connectivity index (χ3v) is 7.43. The van der Waals surface area contributed by atoms with Gasteiger partial charge in [-0.2, -0.15) is 0 Å². The number of hydrogen-bond donors (Lipinski definition) is 0. The third kappa shape index (κ3) is 4.75. The van der Waals surface area contributed by atoms with Gasteiger partial charge in [0.05, 0.1) is 28.5 Å². The van der Waals surface area contributed by atoms with Crippen LogP contribution in [0.5, 0.6) is 0 Å². The van der Waals surface area contributed by atoms with Gasteiger partial charge in [-0.15, -0.1) is 0 Å². The van der Waals surface area contributed by atoms with E-state index in [4.69, 9.17) is 14.1 Å². The number of rotatable bonds is 8. The average Bonchev–Trinajstić information content (AvgIpc) is 3.53. The molecule has 0 spiro atoms. The molecule has 1 atom stereocenters. The zero-order valence-electron chi connectivity index (χ0n) is 21.6. The van der Waals surface area contributed by atoms with Crippen molar-refractivity contribution in [3.63, 3.8) is 0 Å². The number of esters is 1. The van der Waals surface area contributed by atoms with Crippen molar-refractivity contribution in [3.05, 3.63) is 115 Å². The molecule has 4 aromatic rings. The molecule has 0 aliphatic carbocycles. The van der Waals surface area contributed by atoms with Gasteiger partial charge in [0.2, 0.25) is 0 Å². The van der Waals surface area contributed by atoms with E-state index < -0.39 is 12.0 Å². The lowest BCUT2D eigenvalue weighted by molar-refractivity contribution is -0.138. The van der Waals surface area contributed by atoms with Gasteiger partial charge in [0.1, 0.15) is 5.76 Å². The lowest BCUT2D eigenvalue weighted by atomic mass is 9.93. The summed E-state index contributed by atoms with van der Waals surface area (Å²) < 4.78 is 13.6. The van der Waals surface area contributed by atoms with E-state index in [2.05, 4.69) is 18.7 Å². The Morgan fingerprint density at radius 3 is 2.37 bits per heavy atom. The molecule has 0 fully saturated rings. The van der Waals surface area contributed by atoms with Crippen molar-refractivity contribution in [2.75, 3.05) is 24.6 Å². The minimum atomic E-state index is -0.688. The molecular weight excluding hydrogens is 498 g/mol. The molecule has 0 saturated carbocycles. The van der Waals surface area contributed by atoms with E-state index >= 15 is 0 Å². The lowest BCUT2D eigenvalue weighted by Crippen LogP contribution is -2.39. The highest BCUT2D eigenvalue weighted by atomic mass is 32.1. The van der Waals surface area contributed by atoms with Crippen molar-refractivity contribution in [1.82, 2.24) is 4.57 Å². The molecule has 2 aromatic heterocycles. The molecule has 0 amide bonds. The van der Waals surface area contributed by atoms with Crippen LogP contribution >= 0.6 is 11.3 Å². The fraction of sp³-hybridized carbons (Fsp3) is 0.233. The normalized spacial score (nSPS) is 15.2. The Balaban J connectivity index is 1.75. The number of ether oxygens (including phenoxy) is 1. The molecule has 0 unspecified atom stereocenters. The highest BCUT2D eigenvalue weighted by Crippen LogP contribution is 2.35. The lowest BCUT2D eigenvalue weighted by Gasteiger charge is -2.25. The Bertz CT molecular complexity index is 1640. The molecule has 3 heterocycles. The van der Waals surface area contributed by atoms with E-state index in [1.54, 1.807) is 17.6 Å². The monoisotopic (exact) mass is 527 g/mol. The van der Waals surface area contributed by atoms with Gasteiger partial charge in [0.15, 0.2) is 10.7 Å². The van der Waals surface area contributed by atoms with Gasteiger partial charge in [-0.25, -0.2) is 9.79 Å². The zero-order valence-corrected chi connectivity index (χ0v) is 22.4. The number of fused-ring (bicyclic) bond motifs is 1. The summed E-state index contributed by atoms with van der Waals surface area (Å²) in [4.78, 5) is 34.8. The fourth-order valence-electron chi connectivity index (χ4n) is 4.65. The minimum Gasteiger partial charge on any atom is -0.463 e. The number of anilines is 1. The van der Waals surface area contributed by atoms with E-state index in [0.29, 0.717) is 26.4 Å². The summed E-state index contributed by atoms with van der Waals surface area (Å²) in [6, 6.07) is 22.1. The van der Waals surface area contributed by atoms with Gasteiger partial charge >= 0.3 is 5.97 Å². The second kappa shape index (κ2) is 11.1. The van der Waals surface area contributed by atoms with E-state index in [1.165, 1.54) is 11.3 Å². The number of hydrogen-bond acceptors (Lipinski definition) is 7. The maximum absolute atomic E-state index is 13.9. The third-order valence-electron chi connectivity index (χ3n) is 6.45. The van der Waals surface area contributed by atoms with Gasteiger partial charge in [-0.05, 0) is 32.4 Å². The topological polar surface area (TPSA) is 77.0 Å². The summed E-state index contributed by atoms with van der Waals surface area (Å²) in [7, 11) is 0. The highest BCUT2D eigenvalue weighted by Gasteiger charge is 2.35. The van der Waals surface area contributed by atoms with Gasteiger partial charge in [0, 0.05) is 30.8 Å². The van der Waals surface area contributed by atoms with Crippen LogP contribution < -0.4 is 19.8 Å². The molecular formula is C30H29N3O4S. The maximum Gasteiger partial charge on any atom is 0.338 e. The summed E-state index contributed by atoms with van der Waals surface area (Å²) in [5, 5.41) is 0. The van der Waals surface area contributed by atoms with Crippen LogP contribution in [-0.2, 0) is 9.53 Å². The first-order chi connectivity index (χ1) is 18.5. The minimum absolute atomic E-state index is 0.212. The van der Waals surface area contributed by atoms with E-state index in [9.17, 15) is 9.59 Å². The number of thiazole rings is 1. The predicted octanol–water partition coefficient (Wildman–Crippen LogP) is 4.37. The van der Waals surface area contributed by atoms with Crippen molar-refractivity contribution in [2.24, 2.45) is 4.99 Å². The molecule has 194 valence electrons.